The van der Waals surface area contributed by atoms with Crippen LogP contribution in [0.15, 0.2) is 23.3 Å². The molecule has 2 aliphatic heterocycles. The summed E-state index contributed by atoms with van der Waals surface area (Å²) in [4.78, 5) is 38.4. The van der Waals surface area contributed by atoms with Crippen LogP contribution in [-0.2, 0) is 19.0 Å². The van der Waals surface area contributed by atoms with Gasteiger partial charge in [-0.15, -0.1) is 0 Å². The van der Waals surface area contributed by atoms with E-state index in [1.54, 1.807) is 34.6 Å². The van der Waals surface area contributed by atoms with E-state index < -0.39 is 24.3 Å². The second kappa shape index (κ2) is 8.08. The number of nitrogens with zero attached hydrogens (tertiary/aromatic N) is 2. The van der Waals surface area contributed by atoms with E-state index in [0.717, 1.165) is 5.57 Å². The molecule has 0 aromatic carbocycles. The Morgan fingerprint density at radius 1 is 0.897 bits per heavy atom. The first kappa shape index (κ1) is 21.2. The van der Waals surface area contributed by atoms with E-state index in [2.05, 4.69) is 0 Å². The van der Waals surface area contributed by atoms with E-state index in [0.29, 0.717) is 12.0 Å². The van der Waals surface area contributed by atoms with E-state index in [1.165, 1.54) is 10.0 Å². The molecule has 2 amide bonds. The molecule has 4 rings (SSSR count). The SMILES string of the molecule is CCOC(=O)C1=C(CC)C2C1C1C=CC2N(C(=O)OC(C)C)N1C(=O)OC(C)C. The van der Waals surface area contributed by atoms with Gasteiger partial charge in [-0.25, -0.2) is 24.4 Å². The third-order valence-corrected chi connectivity index (χ3v) is 5.43. The average Bonchev–Trinajstić information content (AvgIpc) is 2.60. The lowest BCUT2D eigenvalue weighted by Crippen LogP contribution is -2.72. The maximum absolute atomic E-state index is 12.9. The van der Waals surface area contributed by atoms with Gasteiger partial charge in [0, 0.05) is 17.4 Å². The smallest absolute Gasteiger partial charge is 0.429 e. The van der Waals surface area contributed by atoms with Gasteiger partial charge in [0.25, 0.3) is 0 Å². The van der Waals surface area contributed by atoms with E-state index >= 15 is 0 Å². The Morgan fingerprint density at radius 3 is 1.79 bits per heavy atom. The van der Waals surface area contributed by atoms with Crippen molar-refractivity contribution in [2.45, 2.75) is 72.3 Å². The predicted molar refractivity (Wildman–Crippen MR) is 105 cm³/mol. The molecular formula is C21H30N2O6. The average molecular weight is 406 g/mol. The Morgan fingerprint density at radius 2 is 1.38 bits per heavy atom. The van der Waals surface area contributed by atoms with Gasteiger partial charge in [-0.3, -0.25) is 0 Å². The minimum Gasteiger partial charge on any atom is -0.463 e. The van der Waals surface area contributed by atoms with Crippen LogP contribution in [0.25, 0.3) is 0 Å². The van der Waals surface area contributed by atoms with Crippen molar-refractivity contribution in [1.82, 2.24) is 10.0 Å². The third kappa shape index (κ3) is 3.49. The number of carbonyl (C=O) groups is 3. The van der Waals surface area contributed by atoms with Crippen LogP contribution in [-0.4, -0.2) is 59.1 Å². The first-order valence-corrected chi connectivity index (χ1v) is 10.3. The summed E-state index contributed by atoms with van der Waals surface area (Å²) in [5, 5.41) is 2.66. The first-order chi connectivity index (χ1) is 13.7. The highest BCUT2D eigenvalue weighted by molar-refractivity contribution is 5.93. The van der Waals surface area contributed by atoms with Crippen molar-refractivity contribution in [3.63, 3.8) is 0 Å². The van der Waals surface area contributed by atoms with Gasteiger partial charge in [0.15, 0.2) is 0 Å². The number of esters is 1. The molecule has 2 bridgehead atoms. The van der Waals surface area contributed by atoms with Crippen LogP contribution < -0.4 is 0 Å². The van der Waals surface area contributed by atoms with Gasteiger partial charge in [-0.05, 0) is 41.0 Å². The molecule has 4 aliphatic rings. The molecule has 0 saturated carbocycles. The second-order valence-electron chi connectivity index (χ2n) is 7.98. The van der Waals surface area contributed by atoms with Gasteiger partial charge in [-0.1, -0.05) is 24.6 Å². The Labute approximate surface area is 171 Å². The van der Waals surface area contributed by atoms with Gasteiger partial charge in [-0.2, -0.15) is 0 Å². The fourth-order valence-electron chi connectivity index (χ4n) is 4.55. The van der Waals surface area contributed by atoms with Gasteiger partial charge < -0.3 is 14.2 Å². The summed E-state index contributed by atoms with van der Waals surface area (Å²) >= 11 is 0. The van der Waals surface area contributed by atoms with Crippen LogP contribution in [0, 0.1) is 11.8 Å². The molecule has 2 heterocycles. The largest absolute Gasteiger partial charge is 0.463 e. The number of fused-ring (bicyclic) bond motifs is 1. The van der Waals surface area contributed by atoms with Crippen LogP contribution in [0.3, 0.4) is 0 Å². The normalized spacial score (nSPS) is 27.2. The second-order valence-corrected chi connectivity index (χ2v) is 7.98. The van der Waals surface area contributed by atoms with Crippen LogP contribution in [0.2, 0.25) is 0 Å². The molecule has 0 N–H and O–H groups in total. The van der Waals surface area contributed by atoms with Gasteiger partial charge in [0.1, 0.15) is 0 Å². The molecular weight excluding hydrogens is 376 g/mol. The van der Waals surface area contributed by atoms with Crippen molar-refractivity contribution in [1.29, 1.82) is 0 Å². The van der Waals surface area contributed by atoms with Gasteiger partial charge >= 0.3 is 18.2 Å². The van der Waals surface area contributed by atoms with E-state index in [-0.39, 0.29) is 36.6 Å². The lowest BCUT2D eigenvalue weighted by Gasteiger charge is -2.60. The molecule has 0 spiro atoms. The topological polar surface area (TPSA) is 85.4 Å². The fraction of sp³-hybridized carbons (Fsp3) is 0.667. The number of ether oxygens (including phenoxy) is 3. The molecule has 0 radical (unpaired) electrons. The molecule has 29 heavy (non-hydrogen) atoms. The molecule has 2 aliphatic carbocycles. The van der Waals surface area contributed by atoms with Crippen molar-refractivity contribution in [3.05, 3.63) is 23.3 Å². The number of amides is 2. The molecule has 8 nitrogen and oxygen atoms in total. The zero-order valence-electron chi connectivity index (χ0n) is 17.9. The van der Waals surface area contributed by atoms with Crippen LogP contribution in [0.5, 0.6) is 0 Å². The number of carbonyl (C=O) groups excluding carboxylic acids is 3. The quantitative estimate of drug-likeness (QED) is 0.395. The van der Waals surface area contributed by atoms with E-state index in [9.17, 15) is 14.4 Å². The number of hydrogen-bond acceptors (Lipinski definition) is 6. The van der Waals surface area contributed by atoms with Crippen molar-refractivity contribution in [2.75, 3.05) is 6.61 Å². The highest BCUT2D eigenvalue weighted by Crippen LogP contribution is 2.55. The summed E-state index contributed by atoms with van der Waals surface area (Å²) in [5.41, 5.74) is 1.60. The Balaban J connectivity index is 2.02. The van der Waals surface area contributed by atoms with E-state index in [1.807, 2.05) is 19.1 Å². The van der Waals surface area contributed by atoms with Crippen LogP contribution in [0.4, 0.5) is 9.59 Å². The fourth-order valence-corrected chi connectivity index (χ4v) is 4.55. The summed E-state index contributed by atoms with van der Waals surface area (Å²) in [5.74, 6) is -0.612. The number of hydrogen-bond donors (Lipinski definition) is 0. The van der Waals surface area contributed by atoms with Crippen molar-refractivity contribution in [2.24, 2.45) is 11.8 Å². The molecule has 160 valence electrons. The van der Waals surface area contributed by atoms with Crippen LogP contribution >= 0.6 is 0 Å². The lowest BCUT2D eigenvalue weighted by atomic mass is 9.57. The summed E-state index contributed by atoms with van der Waals surface area (Å²) in [6.45, 7) is 11.0. The van der Waals surface area contributed by atoms with Gasteiger partial charge in [0.2, 0.25) is 0 Å². The summed E-state index contributed by atoms with van der Waals surface area (Å²) in [6, 6.07) is -0.922. The van der Waals surface area contributed by atoms with Gasteiger partial charge in [0.05, 0.1) is 30.9 Å². The Bertz CT molecular complexity index is 756. The number of rotatable bonds is 5. The summed E-state index contributed by atoms with van der Waals surface area (Å²) in [6.07, 6.45) is 2.56. The van der Waals surface area contributed by atoms with Crippen LogP contribution in [0.1, 0.15) is 48.0 Å². The Hall–Kier alpha value is -2.51. The highest BCUT2D eigenvalue weighted by atomic mass is 16.6. The maximum Gasteiger partial charge on any atom is 0.429 e. The van der Waals surface area contributed by atoms with Crippen molar-refractivity contribution in [3.8, 4) is 0 Å². The number of hydrazine groups is 1. The van der Waals surface area contributed by atoms with Crippen molar-refractivity contribution < 1.29 is 28.6 Å². The minimum absolute atomic E-state index is 0.0442. The Kier molecular flexibility index (Phi) is 5.91. The molecule has 1 saturated heterocycles. The summed E-state index contributed by atoms with van der Waals surface area (Å²) < 4.78 is 16.1. The third-order valence-electron chi connectivity index (χ3n) is 5.43. The van der Waals surface area contributed by atoms with Crippen molar-refractivity contribution >= 4 is 18.2 Å². The monoisotopic (exact) mass is 406 g/mol. The zero-order valence-corrected chi connectivity index (χ0v) is 17.9. The minimum atomic E-state index is -0.633. The molecule has 8 heteroatoms. The van der Waals surface area contributed by atoms with E-state index in [4.69, 9.17) is 14.2 Å². The molecule has 0 aromatic rings. The standard InChI is InChI=1S/C21H30N2O6/c1-7-13-16-14-9-10-15(18(16)17(13)19(24)27-8-2)23(21(26)29-12(5)6)22(14)20(25)28-11(3)4/h9-12,14-16,18H,7-8H2,1-6H3. The predicted octanol–water partition coefficient (Wildman–Crippen LogP) is 3.43. The maximum atomic E-state index is 12.9. The molecule has 4 atom stereocenters. The first-order valence-electron chi connectivity index (χ1n) is 10.3. The molecule has 4 unspecified atom stereocenters. The molecule has 1 fully saturated rings. The highest BCUT2D eigenvalue weighted by Gasteiger charge is 2.62. The molecule has 0 aromatic heterocycles. The zero-order chi connectivity index (χ0) is 21.5. The lowest BCUT2D eigenvalue weighted by molar-refractivity contribution is -0.148. The summed E-state index contributed by atoms with van der Waals surface area (Å²) in [7, 11) is 0.